The molecule has 1 amide bonds. The van der Waals surface area contributed by atoms with Crippen molar-refractivity contribution in [1.29, 1.82) is 0 Å². The highest BCUT2D eigenvalue weighted by molar-refractivity contribution is 5.79. The van der Waals surface area contributed by atoms with Crippen molar-refractivity contribution in [3.63, 3.8) is 0 Å². The number of carbonyl (C=O) groups is 3. The van der Waals surface area contributed by atoms with E-state index in [4.69, 9.17) is 15.6 Å². The quantitative estimate of drug-likeness (QED) is 0.559. The van der Waals surface area contributed by atoms with Crippen LogP contribution in [0.15, 0.2) is 24.3 Å². The summed E-state index contributed by atoms with van der Waals surface area (Å²) in [6, 6.07) is 5.92. The number of ether oxygens (including phenoxy) is 1. The minimum Gasteiger partial charge on any atom is -0.480 e. The Balaban J connectivity index is 2.59. The molecule has 0 aliphatic heterocycles. The summed E-state index contributed by atoms with van der Waals surface area (Å²) >= 11 is 0. The smallest absolute Gasteiger partial charge is 0.326 e. The first kappa shape index (κ1) is 18.5. The molecule has 0 aromatic heterocycles. The topological polar surface area (TPSA) is 119 Å². The number of primary amides is 1. The zero-order valence-electron chi connectivity index (χ0n) is 13.1. The summed E-state index contributed by atoms with van der Waals surface area (Å²) in [5.41, 5.74) is 6.40. The van der Waals surface area contributed by atoms with Crippen molar-refractivity contribution in [2.24, 2.45) is 5.73 Å². The summed E-state index contributed by atoms with van der Waals surface area (Å²) in [5, 5.41) is 12.0. The fourth-order valence-electron chi connectivity index (χ4n) is 1.90. The van der Waals surface area contributed by atoms with Gasteiger partial charge >= 0.3 is 11.9 Å². The van der Waals surface area contributed by atoms with Crippen LogP contribution in [0.2, 0.25) is 0 Å². The van der Waals surface area contributed by atoms with Crippen molar-refractivity contribution < 1.29 is 24.2 Å². The number of nitrogens with two attached hydrogens (primary N) is 1. The van der Waals surface area contributed by atoms with E-state index >= 15 is 0 Å². The SMILES string of the molecule is CCCOC(=O)Cc1ccc(N[C@@H](CCC(N)=O)C(=O)O)cc1. The van der Waals surface area contributed by atoms with Gasteiger partial charge in [0.15, 0.2) is 0 Å². The van der Waals surface area contributed by atoms with Gasteiger partial charge in [-0.3, -0.25) is 9.59 Å². The van der Waals surface area contributed by atoms with Gasteiger partial charge in [0, 0.05) is 12.1 Å². The van der Waals surface area contributed by atoms with Crippen molar-refractivity contribution in [3.8, 4) is 0 Å². The number of hydrogen-bond donors (Lipinski definition) is 3. The van der Waals surface area contributed by atoms with Gasteiger partial charge in [-0.25, -0.2) is 4.79 Å². The maximum atomic E-state index is 11.5. The normalized spacial score (nSPS) is 11.5. The average molecular weight is 322 g/mol. The molecule has 7 nitrogen and oxygen atoms in total. The lowest BCUT2D eigenvalue weighted by Crippen LogP contribution is -2.30. The summed E-state index contributed by atoms with van der Waals surface area (Å²) < 4.78 is 5.00. The molecule has 1 rings (SSSR count). The van der Waals surface area contributed by atoms with Crippen LogP contribution in [0.4, 0.5) is 5.69 Å². The van der Waals surface area contributed by atoms with E-state index in [1.54, 1.807) is 24.3 Å². The Hall–Kier alpha value is -2.57. The van der Waals surface area contributed by atoms with Crippen LogP contribution in [-0.4, -0.2) is 35.6 Å². The van der Waals surface area contributed by atoms with Gasteiger partial charge in [0.2, 0.25) is 5.91 Å². The van der Waals surface area contributed by atoms with E-state index in [1.165, 1.54) is 0 Å². The number of benzene rings is 1. The molecule has 0 heterocycles. The number of carboxylic acid groups (broad SMARTS) is 1. The van der Waals surface area contributed by atoms with Gasteiger partial charge < -0.3 is 20.9 Å². The molecule has 7 heteroatoms. The maximum absolute atomic E-state index is 11.5. The van der Waals surface area contributed by atoms with Crippen molar-refractivity contribution in [2.45, 2.75) is 38.6 Å². The first-order chi connectivity index (χ1) is 10.9. The Morgan fingerprint density at radius 3 is 2.43 bits per heavy atom. The molecule has 1 aromatic carbocycles. The van der Waals surface area contributed by atoms with Crippen molar-refractivity contribution in [2.75, 3.05) is 11.9 Å². The fourth-order valence-corrected chi connectivity index (χ4v) is 1.90. The summed E-state index contributed by atoms with van der Waals surface area (Å²) in [6.45, 7) is 2.32. The minimum atomic E-state index is -1.06. The first-order valence-corrected chi connectivity index (χ1v) is 7.44. The monoisotopic (exact) mass is 322 g/mol. The molecule has 23 heavy (non-hydrogen) atoms. The Morgan fingerprint density at radius 2 is 1.91 bits per heavy atom. The number of rotatable bonds is 10. The third-order valence-corrected chi connectivity index (χ3v) is 3.09. The van der Waals surface area contributed by atoms with E-state index in [2.05, 4.69) is 5.32 Å². The van der Waals surface area contributed by atoms with Crippen LogP contribution in [0, 0.1) is 0 Å². The third-order valence-electron chi connectivity index (χ3n) is 3.09. The van der Waals surface area contributed by atoms with Crippen LogP contribution >= 0.6 is 0 Å². The number of nitrogens with one attached hydrogen (secondary N) is 1. The van der Waals surface area contributed by atoms with Gasteiger partial charge in [-0.2, -0.15) is 0 Å². The van der Waals surface area contributed by atoms with Gasteiger partial charge in [-0.1, -0.05) is 19.1 Å². The number of carbonyl (C=O) groups excluding carboxylic acids is 2. The molecular weight excluding hydrogens is 300 g/mol. The van der Waals surface area contributed by atoms with Gasteiger partial charge in [0.05, 0.1) is 13.0 Å². The van der Waals surface area contributed by atoms with Crippen LogP contribution in [0.1, 0.15) is 31.7 Å². The number of esters is 1. The second kappa shape index (κ2) is 9.45. The molecule has 0 radical (unpaired) electrons. The van der Waals surface area contributed by atoms with Crippen LogP contribution < -0.4 is 11.1 Å². The maximum Gasteiger partial charge on any atom is 0.326 e. The molecule has 0 spiro atoms. The van der Waals surface area contributed by atoms with E-state index in [1.807, 2.05) is 6.92 Å². The summed E-state index contributed by atoms with van der Waals surface area (Å²) in [7, 11) is 0. The van der Waals surface area contributed by atoms with E-state index in [9.17, 15) is 14.4 Å². The first-order valence-electron chi connectivity index (χ1n) is 7.44. The molecule has 126 valence electrons. The van der Waals surface area contributed by atoms with Crippen molar-refractivity contribution >= 4 is 23.5 Å². The van der Waals surface area contributed by atoms with Crippen molar-refractivity contribution in [3.05, 3.63) is 29.8 Å². The Kier molecular flexibility index (Phi) is 7.59. The standard InChI is InChI=1S/C16H22N2O5/c1-2-9-23-15(20)10-11-3-5-12(6-4-11)18-13(16(21)22)7-8-14(17)19/h3-6,13,18H,2,7-10H2,1H3,(H2,17,19)(H,21,22)/t13-/m0/s1. The van der Waals surface area contributed by atoms with Crippen molar-refractivity contribution in [1.82, 2.24) is 0 Å². The van der Waals surface area contributed by atoms with Gasteiger partial charge in [-0.05, 0) is 30.5 Å². The molecule has 0 unspecified atom stereocenters. The number of anilines is 1. The van der Waals surface area contributed by atoms with Crippen LogP contribution in [0.5, 0.6) is 0 Å². The van der Waals surface area contributed by atoms with Gasteiger partial charge in [0.1, 0.15) is 6.04 Å². The second-order valence-electron chi connectivity index (χ2n) is 5.13. The lowest BCUT2D eigenvalue weighted by Gasteiger charge is -2.15. The number of hydrogen-bond acceptors (Lipinski definition) is 5. The second-order valence-corrected chi connectivity index (χ2v) is 5.13. The largest absolute Gasteiger partial charge is 0.480 e. The van der Waals surface area contributed by atoms with Gasteiger partial charge in [0.25, 0.3) is 0 Å². The third kappa shape index (κ3) is 7.30. The molecule has 0 saturated carbocycles. The lowest BCUT2D eigenvalue weighted by atomic mass is 10.1. The Bertz CT molecular complexity index is 542. The molecule has 0 fully saturated rings. The molecule has 0 aliphatic rings. The van der Waals surface area contributed by atoms with E-state index < -0.39 is 17.9 Å². The molecular formula is C16H22N2O5. The fraction of sp³-hybridized carbons (Fsp3) is 0.438. The predicted molar refractivity (Wildman–Crippen MR) is 84.9 cm³/mol. The van der Waals surface area contributed by atoms with E-state index in [0.29, 0.717) is 12.3 Å². The average Bonchev–Trinajstić information content (AvgIpc) is 2.50. The van der Waals surface area contributed by atoms with E-state index in [-0.39, 0.29) is 25.2 Å². The predicted octanol–water partition coefficient (Wildman–Crippen LogP) is 1.31. The molecule has 0 saturated heterocycles. The minimum absolute atomic E-state index is 0.00861. The lowest BCUT2D eigenvalue weighted by molar-refractivity contribution is -0.143. The summed E-state index contributed by atoms with van der Waals surface area (Å²) in [6.07, 6.45) is 1.04. The zero-order chi connectivity index (χ0) is 17.2. The molecule has 0 bridgehead atoms. The van der Waals surface area contributed by atoms with Crippen LogP contribution in [-0.2, 0) is 25.5 Å². The molecule has 0 aliphatic carbocycles. The summed E-state index contributed by atoms with van der Waals surface area (Å²) in [4.78, 5) is 33.4. The molecule has 1 atom stereocenters. The zero-order valence-corrected chi connectivity index (χ0v) is 13.1. The highest BCUT2D eigenvalue weighted by Gasteiger charge is 2.17. The van der Waals surface area contributed by atoms with E-state index in [0.717, 1.165) is 12.0 Å². The summed E-state index contributed by atoms with van der Waals surface area (Å²) in [5.74, 6) is -1.89. The van der Waals surface area contributed by atoms with Gasteiger partial charge in [-0.15, -0.1) is 0 Å². The van der Waals surface area contributed by atoms with Crippen LogP contribution in [0.25, 0.3) is 0 Å². The number of carboxylic acids is 1. The molecule has 4 N–H and O–H groups in total. The molecule has 1 aromatic rings. The van der Waals surface area contributed by atoms with Crippen LogP contribution in [0.3, 0.4) is 0 Å². The highest BCUT2D eigenvalue weighted by Crippen LogP contribution is 2.14. The highest BCUT2D eigenvalue weighted by atomic mass is 16.5. The number of aliphatic carboxylic acids is 1. The number of amides is 1. The Labute approximate surface area is 134 Å². The Morgan fingerprint density at radius 1 is 1.26 bits per heavy atom.